The van der Waals surface area contributed by atoms with Crippen LogP contribution in [0, 0.1) is 20.8 Å². The van der Waals surface area contributed by atoms with Crippen molar-refractivity contribution in [2.45, 2.75) is 33.1 Å². The second-order valence-electron chi connectivity index (χ2n) is 6.77. The summed E-state index contributed by atoms with van der Waals surface area (Å²) in [5, 5.41) is 0.809. The summed E-state index contributed by atoms with van der Waals surface area (Å²) >= 11 is 0. The molecule has 1 unspecified atom stereocenters. The summed E-state index contributed by atoms with van der Waals surface area (Å²) < 4.78 is 47.2. The number of benzene rings is 2. The SMILES string of the molecule is COC(c1c(C)cccc1C)c1cc2c(C)cc(C(F)(F)F)cc2n1C. The molecule has 2 aromatic carbocycles. The molecule has 3 rings (SSSR count). The summed E-state index contributed by atoms with van der Waals surface area (Å²) in [7, 11) is 3.42. The lowest BCUT2D eigenvalue weighted by Gasteiger charge is -2.21. The Bertz CT molecular complexity index is 949. The number of alkyl halides is 3. The Labute approximate surface area is 151 Å². The van der Waals surface area contributed by atoms with E-state index in [1.54, 1.807) is 25.6 Å². The zero-order chi connectivity index (χ0) is 19.2. The molecule has 0 aliphatic heterocycles. The number of aromatic nitrogens is 1. The number of nitrogens with zero attached hydrogens (tertiary/aromatic N) is 1. The first kappa shape index (κ1) is 18.5. The Hall–Kier alpha value is -2.27. The van der Waals surface area contributed by atoms with Crippen molar-refractivity contribution in [3.63, 3.8) is 0 Å². The Morgan fingerprint density at radius 2 is 1.58 bits per heavy atom. The van der Waals surface area contributed by atoms with Crippen molar-refractivity contribution in [3.8, 4) is 0 Å². The van der Waals surface area contributed by atoms with Crippen molar-refractivity contribution in [1.82, 2.24) is 4.57 Å². The van der Waals surface area contributed by atoms with E-state index in [4.69, 9.17) is 4.74 Å². The highest BCUT2D eigenvalue weighted by Gasteiger charge is 2.32. The quantitative estimate of drug-likeness (QED) is 0.570. The second kappa shape index (κ2) is 6.47. The van der Waals surface area contributed by atoms with Crippen molar-refractivity contribution >= 4 is 10.9 Å². The highest BCUT2D eigenvalue weighted by atomic mass is 19.4. The summed E-state index contributed by atoms with van der Waals surface area (Å²) in [5.41, 5.74) is 4.60. The van der Waals surface area contributed by atoms with Gasteiger partial charge in [-0.05, 0) is 61.2 Å². The average molecular weight is 361 g/mol. The highest BCUT2D eigenvalue weighted by molar-refractivity contribution is 5.86. The molecule has 138 valence electrons. The molecule has 2 nitrogen and oxygen atoms in total. The van der Waals surface area contributed by atoms with Gasteiger partial charge in [0, 0.05) is 25.1 Å². The average Bonchev–Trinajstić information content (AvgIpc) is 2.88. The molecule has 0 aliphatic rings. The van der Waals surface area contributed by atoms with Crippen LogP contribution < -0.4 is 0 Å². The molecule has 3 aromatic rings. The minimum Gasteiger partial charge on any atom is -0.370 e. The number of ether oxygens (including phenoxy) is 1. The van der Waals surface area contributed by atoms with Crippen LogP contribution in [0.15, 0.2) is 36.4 Å². The third-order valence-electron chi connectivity index (χ3n) is 5.04. The topological polar surface area (TPSA) is 14.2 Å². The molecule has 0 amide bonds. The number of fused-ring (bicyclic) bond motifs is 1. The zero-order valence-electron chi connectivity index (χ0n) is 15.5. The van der Waals surface area contributed by atoms with E-state index < -0.39 is 11.7 Å². The molecule has 0 saturated carbocycles. The summed E-state index contributed by atoms with van der Waals surface area (Å²) in [5.74, 6) is 0. The van der Waals surface area contributed by atoms with E-state index in [-0.39, 0.29) is 6.10 Å². The molecule has 0 aliphatic carbocycles. The largest absolute Gasteiger partial charge is 0.416 e. The van der Waals surface area contributed by atoms with E-state index in [1.807, 2.05) is 38.1 Å². The fourth-order valence-electron chi connectivity index (χ4n) is 3.67. The van der Waals surface area contributed by atoms with Gasteiger partial charge in [0.2, 0.25) is 0 Å². The van der Waals surface area contributed by atoms with Gasteiger partial charge in [0.05, 0.1) is 11.3 Å². The van der Waals surface area contributed by atoms with E-state index in [2.05, 4.69) is 0 Å². The lowest BCUT2D eigenvalue weighted by Crippen LogP contribution is -2.11. The lowest BCUT2D eigenvalue weighted by atomic mass is 9.96. The van der Waals surface area contributed by atoms with Crippen molar-refractivity contribution in [3.05, 3.63) is 69.9 Å². The minimum atomic E-state index is -4.36. The van der Waals surface area contributed by atoms with Crippen LogP contribution >= 0.6 is 0 Å². The molecule has 1 atom stereocenters. The third-order valence-corrected chi connectivity index (χ3v) is 5.04. The van der Waals surface area contributed by atoms with Crippen LogP contribution in [0.4, 0.5) is 13.2 Å². The third kappa shape index (κ3) is 3.01. The normalized spacial score (nSPS) is 13.4. The standard InChI is InChI=1S/C21H22F3NO/c1-12-7-6-8-13(2)19(12)20(26-5)18-11-16-14(3)9-15(21(22,23)24)10-17(16)25(18)4/h6-11,20H,1-5H3. The molecular formula is C21H22F3NO. The van der Waals surface area contributed by atoms with Crippen LogP contribution in [-0.2, 0) is 18.0 Å². The molecule has 0 bridgehead atoms. The van der Waals surface area contributed by atoms with Gasteiger partial charge in [-0.1, -0.05) is 18.2 Å². The van der Waals surface area contributed by atoms with E-state index in [0.717, 1.165) is 27.8 Å². The first-order valence-corrected chi connectivity index (χ1v) is 8.41. The Morgan fingerprint density at radius 3 is 2.12 bits per heavy atom. The molecule has 0 N–H and O–H groups in total. The minimum absolute atomic E-state index is 0.345. The van der Waals surface area contributed by atoms with Crippen molar-refractivity contribution in [2.24, 2.45) is 7.05 Å². The van der Waals surface area contributed by atoms with E-state index in [9.17, 15) is 13.2 Å². The fourth-order valence-corrected chi connectivity index (χ4v) is 3.67. The Balaban J connectivity index is 2.25. The summed E-state index contributed by atoms with van der Waals surface area (Å²) in [6, 6.07) is 10.4. The molecule has 0 saturated heterocycles. The van der Waals surface area contributed by atoms with Crippen molar-refractivity contribution in [2.75, 3.05) is 7.11 Å². The van der Waals surface area contributed by atoms with Gasteiger partial charge in [-0.15, -0.1) is 0 Å². The lowest BCUT2D eigenvalue weighted by molar-refractivity contribution is -0.137. The molecule has 0 fully saturated rings. The van der Waals surface area contributed by atoms with Gasteiger partial charge in [0.1, 0.15) is 6.10 Å². The number of methoxy groups -OCH3 is 1. The summed E-state index contributed by atoms with van der Waals surface area (Å²) in [4.78, 5) is 0. The first-order valence-electron chi connectivity index (χ1n) is 8.41. The van der Waals surface area contributed by atoms with Crippen molar-refractivity contribution < 1.29 is 17.9 Å². The van der Waals surface area contributed by atoms with Crippen LogP contribution in [0.5, 0.6) is 0 Å². The fraction of sp³-hybridized carbons (Fsp3) is 0.333. The number of halogens is 3. The zero-order valence-corrected chi connectivity index (χ0v) is 15.5. The van der Waals surface area contributed by atoms with Gasteiger partial charge in [-0.2, -0.15) is 13.2 Å². The van der Waals surface area contributed by atoms with Gasteiger partial charge >= 0.3 is 6.18 Å². The maximum atomic E-state index is 13.2. The predicted octanol–water partition coefficient (Wildman–Crippen LogP) is 5.86. The van der Waals surface area contributed by atoms with E-state index in [0.29, 0.717) is 11.1 Å². The summed E-state index contributed by atoms with van der Waals surface area (Å²) in [6.45, 7) is 5.75. The highest BCUT2D eigenvalue weighted by Crippen LogP contribution is 2.37. The second-order valence-corrected chi connectivity index (χ2v) is 6.77. The molecule has 0 spiro atoms. The monoisotopic (exact) mass is 361 g/mol. The Kier molecular flexibility index (Phi) is 4.61. The first-order chi connectivity index (χ1) is 12.1. The smallest absolute Gasteiger partial charge is 0.370 e. The number of hydrogen-bond donors (Lipinski definition) is 0. The predicted molar refractivity (Wildman–Crippen MR) is 97.4 cm³/mol. The van der Waals surface area contributed by atoms with Gasteiger partial charge in [-0.25, -0.2) is 0 Å². The van der Waals surface area contributed by atoms with Gasteiger partial charge in [0.25, 0.3) is 0 Å². The number of aryl methyl sites for hydroxylation is 4. The molecule has 0 radical (unpaired) electrons. The number of hydrogen-bond acceptors (Lipinski definition) is 1. The molecule has 1 heterocycles. The molecule has 5 heteroatoms. The van der Waals surface area contributed by atoms with Crippen LogP contribution in [0.2, 0.25) is 0 Å². The van der Waals surface area contributed by atoms with Crippen LogP contribution in [0.3, 0.4) is 0 Å². The van der Waals surface area contributed by atoms with E-state index >= 15 is 0 Å². The van der Waals surface area contributed by atoms with Crippen LogP contribution in [0.1, 0.15) is 39.6 Å². The summed E-state index contributed by atoms with van der Waals surface area (Å²) in [6.07, 6.45) is -4.71. The number of rotatable bonds is 3. The van der Waals surface area contributed by atoms with E-state index in [1.165, 1.54) is 12.1 Å². The Morgan fingerprint density at radius 1 is 0.962 bits per heavy atom. The van der Waals surface area contributed by atoms with Crippen LogP contribution in [-0.4, -0.2) is 11.7 Å². The van der Waals surface area contributed by atoms with Crippen LogP contribution in [0.25, 0.3) is 10.9 Å². The molecular weight excluding hydrogens is 339 g/mol. The van der Waals surface area contributed by atoms with Gasteiger partial charge in [0.15, 0.2) is 0 Å². The molecule has 1 aromatic heterocycles. The maximum absolute atomic E-state index is 13.2. The maximum Gasteiger partial charge on any atom is 0.416 e. The van der Waals surface area contributed by atoms with Crippen molar-refractivity contribution in [1.29, 1.82) is 0 Å². The molecule has 26 heavy (non-hydrogen) atoms. The van der Waals surface area contributed by atoms with Gasteiger partial charge in [-0.3, -0.25) is 0 Å². The van der Waals surface area contributed by atoms with Gasteiger partial charge < -0.3 is 9.30 Å².